The molecule has 0 radical (unpaired) electrons. The predicted molar refractivity (Wildman–Crippen MR) is 145 cm³/mol. The molecule has 0 aromatic rings. The second-order valence-corrected chi connectivity index (χ2v) is 36.8. The van der Waals surface area contributed by atoms with E-state index in [1.807, 2.05) is 0 Å². The van der Waals surface area contributed by atoms with Crippen LogP contribution in [-0.2, 0) is 4.12 Å². The summed E-state index contributed by atoms with van der Waals surface area (Å²) in [5.41, 5.74) is 4.89. The van der Waals surface area contributed by atoms with E-state index in [0.29, 0.717) is 5.67 Å². The standard InChI is InChI=1S/C18H42Cl3NOSi5/c1-12-18(22(24(4,5)13-2)25(6,7)14-3)27(10,11)23-26(8,9)16-15-17-28(19,20)21/h13-14,18H,2-3,12,15-17H2,1,4-11H3. The van der Waals surface area contributed by atoms with Crippen molar-refractivity contribution in [3.63, 3.8) is 0 Å². The van der Waals surface area contributed by atoms with Crippen LogP contribution in [0.1, 0.15) is 19.8 Å². The number of rotatable bonds is 13. The smallest absolute Gasteiger partial charge is 0.341 e. The van der Waals surface area contributed by atoms with Gasteiger partial charge in [-0.15, -0.1) is 46.4 Å². The van der Waals surface area contributed by atoms with E-state index in [4.69, 9.17) is 37.4 Å². The summed E-state index contributed by atoms with van der Waals surface area (Å²) in [6.07, 6.45) is 2.05. The zero-order valence-electron chi connectivity index (χ0n) is 19.5. The van der Waals surface area contributed by atoms with E-state index in [0.717, 1.165) is 24.9 Å². The van der Waals surface area contributed by atoms with Gasteiger partial charge in [-0.25, -0.2) is 0 Å². The lowest BCUT2D eigenvalue weighted by molar-refractivity contribution is 0.442. The molecule has 0 amide bonds. The molecule has 0 heterocycles. The van der Waals surface area contributed by atoms with Crippen molar-refractivity contribution in [3.05, 3.63) is 24.6 Å². The number of nitrogens with zero attached hydrogens (tertiary/aromatic N) is 1. The SMILES string of the molecule is C=C[Si](C)(C)N(C(CC)[Si](C)(C)O[Si](C)(C)CCC[Si](Cl)(Cl)Cl)[Si](C)(C)C=C. The zero-order valence-corrected chi connectivity index (χ0v) is 26.7. The minimum atomic E-state index is -2.55. The fourth-order valence-electron chi connectivity index (χ4n) is 4.27. The Morgan fingerprint density at radius 2 is 1.29 bits per heavy atom. The summed E-state index contributed by atoms with van der Waals surface area (Å²) in [6, 6.07) is -0.782. The van der Waals surface area contributed by atoms with Gasteiger partial charge in [-0.1, -0.05) is 50.9 Å². The van der Waals surface area contributed by atoms with Gasteiger partial charge in [0, 0.05) is 5.67 Å². The zero-order chi connectivity index (χ0) is 22.6. The van der Waals surface area contributed by atoms with Crippen molar-refractivity contribution < 1.29 is 4.12 Å². The quantitative estimate of drug-likeness (QED) is 0.175. The Kier molecular flexibility index (Phi) is 11.3. The van der Waals surface area contributed by atoms with Crippen molar-refractivity contribution in [1.29, 1.82) is 0 Å². The average molecular weight is 535 g/mol. The Morgan fingerprint density at radius 3 is 1.61 bits per heavy atom. The summed E-state index contributed by atoms with van der Waals surface area (Å²) in [5, 5.41) is 0. The van der Waals surface area contributed by atoms with Gasteiger partial charge in [-0.05, 0) is 44.7 Å². The van der Waals surface area contributed by atoms with Gasteiger partial charge < -0.3 is 8.35 Å². The monoisotopic (exact) mass is 533 g/mol. The molecule has 0 aromatic heterocycles. The molecular formula is C18H42Cl3NOSi5. The Labute approximate surface area is 194 Å². The predicted octanol–water partition coefficient (Wildman–Crippen LogP) is 7.94. The lowest BCUT2D eigenvalue weighted by Gasteiger charge is -2.54. The van der Waals surface area contributed by atoms with Gasteiger partial charge in [-0.3, -0.25) is 0 Å². The summed E-state index contributed by atoms with van der Waals surface area (Å²) in [6.45, 7) is 29.7. The summed E-state index contributed by atoms with van der Waals surface area (Å²) in [7, 11) is -7.39. The van der Waals surface area contributed by atoms with E-state index in [1.54, 1.807) is 0 Å². The Hall–Kier alpha value is 1.35. The number of hydrogen-bond donors (Lipinski definition) is 0. The molecule has 0 aliphatic carbocycles. The van der Waals surface area contributed by atoms with Crippen molar-refractivity contribution in [2.45, 2.75) is 89.9 Å². The summed E-state index contributed by atoms with van der Waals surface area (Å²) >= 11 is 18.2. The molecule has 0 aliphatic rings. The number of hydrogen-bond acceptors (Lipinski definition) is 2. The molecule has 0 spiro atoms. The van der Waals surface area contributed by atoms with Crippen LogP contribution in [-0.4, -0.2) is 49.0 Å². The van der Waals surface area contributed by atoms with Crippen LogP contribution in [0.15, 0.2) is 24.6 Å². The highest BCUT2D eigenvalue weighted by Crippen LogP contribution is 2.35. The Balaban J connectivity index is 5.71. The van der Waals surface area contributed by atoms with Crippen LogP contribution >= 0.6 is 33.2 Å². The second kappa shape index (κ2) is 10.8. The fraction of sp³-hybridized carbons (Fsp3) is 0.778. The van der Waals surface area contributed by atoms with Gasteiger partial charge >= 0.3 is 6.00 Å². The largest absolute Gasteiger partial charge is 0.454 e. The molecule has 0 N–H and O–H groups in total. The maximum absolute atomic E-state index is 7.05. The highest BCUT2D eigenvalue weighted by Gasteiger charge is 2.49. The minimum Gasteiger partial charge on any atom is -0.454 e. The molecule has 0 rings (SSSR count). The highest BCUT2D eigenvalue weighted by atomic mass is 35.8. The van der Waals surface area contributed by atoms with Gasteiger partial charge in [0.25, 0.3) is 0 Å². The first-order valence-corrected chi connectivity index (χ1v) is 27.6. The van der Waals surface area contributed by atoms with E-state index >= 15 is 0 Å². The number of halogens is 3. The van der Waals surface area contributed by atoms with Gasteiger partial charge in [-0.2, -0.15) is 0 Å². The normalized spacial score (nSPS) is 15.6. The molecule has 0 bridgehead atoms. The molecule has 10 heteroatoms. The molecule has 166 valence electrons. The van der Waals surface area contributed by atoms with Crippen molar-refractivity contribution in [2.75, 3.05) is 0 Å². The minimum absolute atomic E-state index is 0.459. The molecule has 28 heavy (non-hydrogen) atoms. The maximum atomic E-state index is 7.05. The first-order valence-electron chi connectivity index (χ1n) is 10.2. The average Bonchev–Trinajstić information content (AvgIpc) is 2.48. The van der Waals surface area contributed by atoms with Gasteiger partial charge in [0.15, 0.2) is 16.6 Å². The molecule has 0 fully saturated rings. The fourth-order valence-corrected chi connectivity index (χ4v) is 28.4. The molecule has 2 nitrogen and oxygen atoms in total. The third-order valence-electron chi connectivity index (χ3n) is 5.52. The second-order valence-electron chi connectivity index (χ2n) is 9.94. The third-order valence-corrected chi connectivity index (χ3v) is 25.4. The van der Waals surface area contributed by atoms with Crippen LogP contribution in [0.4, 0.5) is 0 Å². The van der Waals surface area contributed by atoms with E-state index in [2.05, 4.69) is 88.1 Å². The Morgan fingerprint density at radius 1 is 0.857 bits per heavy atom. The van der Waals surface area contributed by atoms with Gasteiger partial charge in [0.2, 0.25) is 0 Å². The van der Waals surface area contributed by atoms with Crippen molar-refractivity contribution in [1.82, 2.24) is 4.23 Å². The van der Waals surface area contributed by atoms with Crippen LogP contribution in [0.3, 0.4) is 0 Å². The van der Waals surface area contributed by atoms with Crippen molar-refractivity contribution in [3.8, 4) is 0 Å². The molecule has 1 unspecified atom stereocenters. The Bertz CT molecular complexity index is 516. The van der Waals surface area contributed by atoms with Crippen molar-refractivity contribution >= 4 is 72.3 Å². The van der Waals surface area contributed by atoms with E-state index in [9.17, 15) is 0 Å². The van der Waals surface area contributed by atoms with Crippen LogP contribution in [0.25, 0.3) is 0 Å². The van der Waals surface area contributed by atoms with Gasteiger partial charge in [0.1, 0.15) is 16.5 Å². The van der Waals surface area contributed by atoms with Crippen LogP contribution in [0.5, 0.6) is 0 Å². The van der Waals surface area contributed by atoms with Gasteiger partial charge in [0.05, 0.1) is 0 Å². The van der Waals surface area contributed by atoms with Crippen LogP contribution < -0.4 is 0 Å². The first-order chi connectivity index (χ1) is 12.4. The molecule has 0 saturated heterocycles. The first kappa shape index (κ1) is 29.4. The maximum Gasteiger partial charge on any atom is 0.341 e. The third kappa shape index (κ3) is 9.24. The van der Waals surface area contributed by atoms with Crippen LogP contribution in [0.2, 0.25) is 64.5 Å². The molecule has 0 aliphatic heterocycles. The van der Waals surface area contributed by atoms with E-state index in [-0.39, 0.29) is 0 Å². The summed E-state index contributed by atoms with van der Waals surface area (Å²) < 4.78 is 9.89. The summed E-state index contributed by atoms with van der Waals surface area (Å²) in [4.78, 5) is 0. The van der Waals surface area contributed by atoms with Crippen LogP contribution in [0, 0.1) is 0 Å². The molecule has 1 atom stereocenters. The lowest BCUT2D eigenvalue weighted by Crippen LogP contribution is -2.71. The topological polar surface area (TPSA) is 12.5 Å². The van der Waals surface area contributed by atoms with E-state index in [1.165, 1.54) is 0 Å². The highest BCUT2D eigenvalue weighted by molar-refractivity contribution is 7.64. The molecular weight excluding hydrogens is 493 g/mol. The molecule has 0 saturated carbocycles. The molecule has 0 aromatic carbocycles. The van der Waals surface area contributed by atoms with Crippen molar-refractivity contribution in [2.24, 2.45) is 0 Å². The van der Waals surface area contributed by atoms with E-state index < -0.39 is 39.1 Å². The lowest BCUT2D eigenvalue weighted by atomic mass is 10.5. The summed E-state index contributed by atoms with van der Waals surface area (Å²) in [5.74, 6) is 0.